The van der Waals surface area contributed by atoms with Crippen LogP contribution in [0.4, 0.5) is 11.4 Å². The fourth-order valence-electron chi connectivity index (χ4n) is 5.26. The number of amides is 2. The van der Waals surface area contributed by atoms with E-state index in [9.17, 15) is 19.7 Å². The predicted molar refractivity (Wildman–Crippen MR) is 152 cm³/mol. The summed E-state index contributed by atoms with van der Waals surface area (Å²) in [7, 11) is 0. The Hall–Kier alpha value is -4.70. The molecule has 0 unspecified atom stereocenters. The number of piperidine rings is 1. The van der Waals surface area contributed by atoms with E-state index in [1.807, 2.05) is 35.2 Å². The van der Waals surface area contributed by atoms with E-state index in [0.717, 1.165) is 23.8 Å². The van der Waals surface area contributed by atoms with Crippen LogP contribution in [0.3, 0.4) is 0 Å². The number of anilines is 1. The molecular weight excluding hydrogens is 532 g/mol. The third-order valence-corrected chi connectivity index (χ3v) is 7.59. The summed E-state index contributed by atoms with van der Waals surface area (Å²) in [5.74, 6) is 0.00917. The summed E-state index contributed by atoms with van der Waals surface area (Å²) in [6, 6.07) is 17.8. The number of rotatable bonds is 6. The number of non-ortho nitro benzene ring substituents is 1. The molecule has 2 amide bonds. The SMILES string of the molecule is O=C(Cn1ccc2ccc([N+](=O)[O-])cc21)Nc1ccc(C2CCN(C(=O)c3cn4cc(Cl)ccc4n3)CC2)cc1. The smallest absolute Gasteiger partial charge is 0.274 e. The summed E-state index contributed by atoms with van der Waals surface area (Å²) >= 11 is 6.04. The molecule has 4 heterocycles. The molecule has 3 aromatic heterocycles. The number of hydrogen-bond acceptors (Lipinski definition) is 5. The van der Waals surface area contributed by atoms with Gasteiger partial charge in [0.15, 0.2) is 0 Å². The molecule has 0 aliphatic carbocycles. The fourth-order valence-corrected chi connectivity index (χ4v) is 5.43. The lowest BCUT2D eigenvalue weighted by atomic mass is 9.89. The number of nitrogens with one attached hydrogen (secondary N) is 1. The molecule has 0 bridgehead atoms. The van der Waals surface area contributed by atoms with E-state index in [-0.39, 0.29) is 24.0 Å². The third-order valence-electron chi connectivity index (χ3n) is 7.36. The Balaban J connectivity index is 1.04. The highest BCUT2D eigenvalue weighted by Gasteiger charge is 2.26. The van der Waals surface area contributed by atoms with Crippen LogP contribution in [0.15, 0.2) is 79.3 Å². The zero-order valence-electron chi connectivity index (χ0n) is 21.4. The largest absolute Gasteiger partial charge is 0.338 e. The monoisotopic (exact) mass is 556 g/mol. The molecule has 10 nitrogen and oxygen atoms in total. The molecule has 1 aliphatic rings. The van der Waals surface area contributed by atoms with Crippen molar-refractivity contribution in [3.05, 3.63) is 106 Å². The van der Waals surface area contributed by atoms with E-state index >= 15 is 0 Å². The molecule has 0 saturated carbocycles. The maximum atomic E-state index is 13.0. The van der Waals surface area contributed by atoms with Crippen LogP contribution in [0.25, 0.3) is 16.6 Å². The number of aromatic nitrogens is 3. The minimum Gasteiger partial charge on any atom is -0.338 e. The normalized spacial score (nSPS) is 14.1. The first-order valence-electron chi connectivity index (χ1n) is 12.9. The van der Waals surface area contributed by atoms with Crippen molar-refractivity contribution in [3.63, 3.8) is 0 Å². The van der Waals surface area contributed by atoms with Crippen LogP contribution in [0.5, 0.6) is 0 Å². The molecule has 11 heteroatoms. The Bertz CT molecular complexity index is 1750. The molecule has 202 valence electrons. The van der Waals surface area contributed by atoms with Gasteiger partial charge in [-0.15, -0.1) is 0 Å². The lowest BCUT2D eigenvalue weighted by Gasteiger charge is -2.32. The molecular formula is C29H25ClN6O4. The number of likely N-dealkylation sites (tertiary alicyclic amines) is 1. The van der Waals surface area contributed by atoms with Crippen LogP contribution in [-0.4, -0.2) is 48.7 Å². The minimum absolute atomic E-state index is 0.0146. The summed E-state index contributed by atoms with van der Waals surface area (Å²) in [5, 5.41) is 15.4. The van der Waals surface area contributed by atoms with E-state index in [2.05, 4.69) is 10.3 Å². The number of carbonyl (C=O) groups is 2. The van der Waals surface area contributed by atoms with E-state index in [1.165, 1.54) is 12.1 Å². The lowest BCUT2D eigenvalue weighted by molar-refractivity contribution is -0.384. The zero-order valence-corrected chi connectivity index (χ0v) is 22.1. The van der Waals surface area contributed by atoms with Gasteiger partial charge in [0, 0.05) is 54.9 Å². The van der Waals surface area contributed by atoms with Crippen molar-refractivity contribution in [3.8, 4) is 0 Å². The maximum absolute atomic E-state index is 13.0. The second-order valence-electron chi connectivity index (χ2n) is 9.92. The molecule has 6 rings (SSSR count). The summed E-state index contributed by atoms with van der Waals surface area (Å²) in [6.45, 7) is 1.32. The predicted octanol–water partition coefficient (Wildman–Crippen LogP) is 5.51. The highest BCUT2D eigenvalue weighted by molar-refractivity contribution is 6.30. The Labute approximate surface area is 233 Å². The number of halogens is 1. The second-order valence-corrected chi connectivity index (χ2v) is 10.4. The highest BCUT2D eigenvalue weighted by Crippen LogP contribution is 2.30. The molecule has 1 saturated heterocycles. The van der Waals surface area contributed by atoms with Crippen LogP contribution in [0, 0.1) is 10.1 Å². The van der Waals surface area contributed by atoms with E-state index < -0.39 is 4.92 Å². The Morgan fingerprint density at radius 2 is 1.80 bits per heavy atom. The molecule has 1 fully saturated rings. The molecule has 1 N–H and O–H groups in total. The number of imidazole rings is 1. The quantitative estimate of drug-likeness (QED) is 0.219. The van der Waals surface area contributed by atoms with Gasteiger partial charge in [0.1, 0.15) is 17.9 Å². The number of nitrogens with zero attached hydrogens (tertiary/aromatic N) is 5. The van der Waals surface area contributed by atoms with Crippen LogP contribution in [0.2, 0.25) is 5.02 Å². The van der Waals surface area contributed by atoms with Crippen LogP contribution < -0.4 is 5.32 Å². The number of benzene rings is 2. The van der Waals surface area contributed by atoms with Crippen molar-refractivity contribution >= 4 is 51.3 Å². The van der Waals surface area contributed by atoms with Gasteiger partial charge in [-0.1, -0.05) is 23.7 Å². The zero-order chi connectivity index (χ0) is 27.8. The molecule has 0 spiro atoms. The van der Waals surface area contributed by atoms with Gasteiger partial charge in [-0.3, -0.25) is 19.7 Å². The number of fused-ring (bicyclic) bond motifs is 2. The van der Waals surface area contributed by atoms with Crippen molar-refractivity contribution in [2.24, 2.45) is 0 Å². The Kier molecular flexibility index (Phi) is 6.69. The van der Waals surface area contributed by atoms with Crippen molar-refractivity contribution in [2.45, 2.75) is 25.3 Å². The van der Waals surface area contributed by atoms with Crippen LogP contribution >= 0.6 is 11.6 Å². The highest BCUT2D eigenvalue weighted by atomic mass is 35.5. The molecule has 40 heavy (non-hydrogen) atoms. The number of pyridine rings is 1. The average Bonchev–Trinajstić information content (AvgIpc) is 3.56. The summed E-state index contributed by atoms with van der Waals surface area (Å²) in [6.07, 6.45) is 6.87. The number of hydrogen-bond donors (Lipinski definition) is 1. The van der Waals surface area contributed by atoms with Gasteiger partial charge in [0.25, 0.3) is 11.6 Å². The molecule has 0 radical (unpaired) electrons. The van der Waals surface area contributed by atoms with E-state index in [1.54, 1.807) is 45.8 Å². The van der Waals surface area contributed by atoms with Gasteiger partial charge >= 0.3 is 0 Å². The standard InChI is InChI=1S/C29H25ClN6O4/c30-22-4-8-27-32-25(17-35(27)16-22)29(38)33-12-9-20(10-13-33)19-1-5-23(6-2-19)31-28(37)18-34-14-11-21-3-7-24(36(39)40)15-26(21)34/h1-8,11,14-17,20H,9-10,12-13,18H2,(H,31,37). The molecule has 5 aromatic rings. The van der Waals surface area contributed by atoms with Crippen molar-refractivity contribution in [1.29, 1.82) is 0 Å². The Morgan fingerprint density at radius 1 is 1.02 bits per heavy atom. The third kappa shape index (κ3) is 5.13. The van der Waals surface area contributed by atoms with Crippen molar-refractivity contribution in [1.82, 2.24) is 18.9 Å². The van der Waals surface area contributed by atoms with Gasteiger partial charge < -0.3 is 19.2 Å². The lowest BCUT2D eigenvalue weighted by Crippen LogP contribution is -2.38. The van der Waals surface area contributed by atoms with Gasteiger partial charge in [0.05, 0.1) is 15.5 Å². The van der Waals surface area contributed by atoms with Gasteiger partial charge in [-0.2, -0.15) is 0 Å². The Morgan fingerprint density at radius 3 is 2.55 bits per heavy atom. The number of nitro groups is 1. The number of nitro benzene ring substituents is 1. The fraction of sp³-hybridized carbons (Fsp3) is 0.207. The first kappa shape index (κ1) is 25.6. The van der Waals surface area contributed by atoms with E-state index in [4.69, 9.17) is 11.6 Å². The molecule has 0 atom stereocenters. The average molecular weight is 557 g/mol. The first-order chi connectivity index (χ1) is 19.3. The van der Waals surface area contributed by atoms with Crippen LogP contribution in [-0.2, 0) is 11.3 Å². The topological polar surface area (TPSA) is 115 Å². The summed E-state index contributed by atoms with van der Waals surface area (Å²) in [4.78, 5) is 42.7. The first-order valence-corrected chi connectivity index (χ1v) is 13.3. The number of carbonyl (C=O) groups excluding carboxylic acids is 2. The summed E-state index contributed by atoms with van der Waals surface area (Å²) < 4.78 is 3.46. The van der Waals surface area contributed by atoms with Crippen LogP contribution in [0.1, 0.15) is 34.8 Å². The van der Waals surface area contributed by atoms with Crippen molar-refractivity contribution in [2.75, 3.05) is 18.4 Å². The van der Waals surface area contributed by atoms with Gasteiger partial charge in [-0.05, 0) is 60.7 Å². The summed E-state index contributed by atoms with van der Waals surface area (Å²) in [5.41, 5.74) is 3.55. The van der Waals surface area contributed by atoms with Gasteiger partial charge in [0.2, 0.25) is 5.91 Å². The second kappa shape index (κ2) is 10.5. The van der Waals surface area contributed by atoms with Gasteiger partial charge in [-0.25, -0.2) is 4.98 Å². The molecule has 1 aliphatic heterocycles. The maximum Gasteiger partial charge on any atom is 0.274 e. The minimum atomic E-state index is -0.446. The molecule has 2 aromatic carbocycles. The van der Waals surface area contributed by atoms with E-state index in [0.29, 0.717) is 46.6 Å². The van der Waals surface area contributed by atoms with Crippen molar-refractivity contribution < 1.29 is 14.5 Å².